The summed E-state index contributed by atoms with van der Waals surface area (Å²) in [5.74, 6) is -3.39. The summed E-state index contributed by atoms with van der Waals surface area (Å²) in [6.45, 7) is 10.2. The molecule has 3 aromatic rings. The molecule has 4 atom stereocenters. The third-order valence-corrected chi connectivity index (χ3v) is 10.3. The molecule has 326 valence electrons. The summed E-state index contributed by atoms with van der Waals surface area (Å²) < 4.78 is 22.2. The van der Waals surface area contributed by atoms with Gasteiger partial charge >= 0.3 is 11.9 Å². The first kappa shape index (κ1) is 47.2. The summed E-state index contributed by atoms with van der Waals surface area (Å²) in [6, 6.07) is 14.8. The SMILES string of the molecule is C1CCCCCC1.CCC[C@H](NC(=O)[C@H]1CC(Oc2cc(-c3ccccc3)nc3cc(OC)ccc23)C=C1C(=O)NC(C(=O)NCC(=O)OC)C(C)C)C(=O)OC(C)(C)C. The molecular weight excluding hydrogens is 765 g/mol. The van der Waals surface area contributed by atoms with Crippen molar-refractivity contribution in [3.05, 3.63) is 66.2 Å². The van der Waals surface area contributed by atoms with Crippen LogP contribution >= 0.6 is 0 Å². The second kappa shape index (κ2) is 22.8. The van der Waals surface area contributed by atoms with E-state index in [1.54, 1.807) is 59.9 Å². The Morgan fingerprint density at radius 2 is 1.52 bits per heavy atom. The minimum atomic E-state index is -1.05. The molecule has 0 saturated heterocycles. The quantitative estimate of drug-likeness (QED) is 0.104. The van der Waals surface area contributed by atoms with E-state index in [0.717, 1.165) is 5.56 Å². The predicted molar refractivity (Wildman–Crippen MR) is 231 cm³/mol. The fourth-order valence-corrected chi connectivity index (χ4v) is 7.15. The molecule has 1 heterocycles. The van der Waals surface area contributed by atoms with E-state index in [1.165, 1.54) is 52.1 Å². The molecule has 0 aliphatic heterocycles. The van der Waals surface area contributed by atoms with Crippen LogP contribution in [-0.4, -0.2) is 79.2 Å². The maximum absolute atomic E-state index is 14.0. The fourth-order valence-electron chi connectivity index (χ4n) is 7.15. The third-order valence-electron chi connectivity index (χ3n) is 10.3. The van der Waals surface area contributed by atoms with Gasteiger partial charge in [-0.3, -0.25) is 19.2 Å². The van der Waals surface area contributed by atoms with Crippen molar-refractivity contribution in [2.45, 2.75) is 130 Å². The molecule has 2 aliphatic carbocycles. The lowest BCUT2D eigenvalue weighted by Crippen LogP contribution is -2.52. The van der Waals surface area contributed by atoms with Crippen LogP contribution in [0, 0.1) is 11.8 Å². The molecule has 2 aliphatic rings. The van der Waals surface area contributed by atoms with Crippen LogP contribution in [0.15, 0.2) is 66.2 Å². The van der Waals surface area contributed by atoms with Crippen LogP contribution in [0.3, 0.4) is 0 Å². The topological polar surface area (TPSA) is 171 Å². The summed E-state index contributed by atoms with van der Waals surface area (Å²) in [7, 11) is 2.77. The van der Waals surface area contributed by atoms with Crippen molar-refractivity contribution in [3.8, 4) is 22.8 Å². The van der Waals surface area contributed by atoms with Gasteiger partial charge in [-0.2, -0.15) is 0 Å². The molecule has 0 bridgehead atoms. The van der Waals surface area contributed by atoms with Gasteiger partial charge in [0, 0.05) is 35.1 Å². The molecule has 1 fully saturated rings. The van der Waals surface area contributed by atoms with Gasteiger partial charge in [-0.25, -0.2) is 9.78 Å². The molecule has 60 heavy (non-hydrogen) atoms. The molecule has 3 N–H and O–H groups in total. The van der Waals surface area contributed by atoms with E-state index in [0.29, 0.717) is 40.9 Å². The van der Waals surface area contributed by atoms with Crippen molar-refractivity contribution in [3.63, 3.8) is 0 Å². The largest absolute Gasteiger partial charge is 0.497 e. The number of benzene rings is 2. The second-order valence-corrected chi connectivity index (χ2v) is 16.7. The highest BCUT2D eigenvalue weighted by Gasteiger charge is 2.40. The summed E-state index contributed by atoms with van der Waals surface area (Å²) in [6.07, 6.45) is 12.3. The normalized spacial score (nSPS) is 17.4. The molecule has 2 unspecified atom stereocenters. The number of ether oxygens (including phenoxy) is 4. The van der Waals surface area contributed by atoms with Gasteiger partial charge in [0.25, 0.3) is 0 Å². The summed E-state index contributed by atoms with van der Waals surface area (Å²) >= 11 is 0. The highest BCUT2D eigenvalue weighted by atomic mass is 16.6. The van der Waals surface area contributed by atoms with Crippen molar-refractivity contribution >= 4 is 40.6 Å². The number of carbonyl (C=O) groups is 5. The average Bonchev–Trinajstić information content (AvgIpc) is 3.41. The number of methoxy groups -OCH3 is 2. The molecule has 13 nitrogen and oxygen atoms in total. The summed E-state index contributed by atoms with van der Waals surface area (Å²) in [5, 5.41) is 8.74. The Balaban J connectivity index is 0.00000102. The number of pyridine rings is 1. The first-order valence-corrected chi connectivity index (χ1v) is 21.2. The van der Waals surface area contributed by atoms with E-state index < -0.39 is 59.4 Å². The number of amides is 3. The van der Waals surface area contributed by atoms with Crippen LogP contribution in [0.4, 0.5) is 0 Å². The fraction of sp³-hybridized carbons (Fsp3) is 0.532. The number of nitrogens with one attached hydrogen (secondary N) is 3. The van der Waals surface area contributed by atoms with Crippen LogP contribution in [0.1, 0.15) is 106 Å². The van der Waals surface area contributed by atoms with E-state index >= 15 is 0 Å². The average molecular weight is 829 g/mol. The number of hydrogen-bond donors (Lipinski definition) is 3. The Hall–Kier alpha value is -5.46. The Morgan fingerprint density at radius 1 is 0.867 bits per heavy atom. The zero-order chi connectivity index (χ0) is 43.8. The van der Waals surface area contributed by atoms with Gasteiger partial charge in [0.2, 0.25) is 17.7 Å². The van der Waals surface area contributed by atoms with E-state index in [1.807, 2.05) is 49.4 Å². The van der Waals surface area contributed by atoms with Crippen molar-refractivity contribution in [1.29, 1.82) is 0 Å². The van der Waals surface area contributed by atoms with E-state index in [-0.39, 0.29) is 24.5 Å². The molecular formula is C47H64N4O9. The molecule has 0 radical (unpaired) electrons. The highest BCUT2D eigenvalue weighted by Crippen LogP contribution is 2.36. The number of carbonyl (C=O) groups excluding carboxylic acids is 5. The zero-order valence-corrected chi connectivity index (χ0v) is 36.6. The smallest absolute Gasteiger partial charge is 0.329 e. The minimum Gasteiger partial charge on any atom is -0.497 e. The van der Waals surface area contributed by atoms with Gasteiger partial charge < -0.3 is 34.9 Å². The second-order valence-electron chi connectivity index (χ2n) is 16.7. The van der Waals surface area contributed by atoms with Gasteiger partial charge in [0.1, 0.15) is 41.8 Å². The van der Waals surface area contributed by atoms with Crippen LogP contribution < -0.4 is 25.4 Å². The highest BCUT2D eigenvalue weighted by molar-refractivity contribution is 6.03. The molecule has 2 aromatic carbocycles. The summed E-state index contributed by atoms with van der Waals surface area (Å²) in [5.41, 5.74) is 1.42. The van der Waals surface area contributed by atoms with E-state index in [2.05, 4.69) is 20.7 Å². The minimum absolute atomic E-state index is 0.0588. The van der Waals surface area contributed by atoms with E-state index in [9.17, 15) is 24.0 Å². The van der Waals surface area contributed by atoms with E-state index in [4.69, 9.17) is 19.2 Å². The Bertz CT molecular complexity index is 1940. The molecule has 5 rings (SSSR count). The van der Waals surface area contributed by atoms with Crippen molar-refractivity contribution in [2.75, 3.05) is 20.8 Å². The number of fused-ring (bicyclic) bond motifs is 1. The number of rotatable bonds is 15. The monoisotopic (exact) mass is 828 g/mol. The van der Waals surface area contributed by atoms with Crippen molar-refractivity contribution < 1.29 is 42.9 Å². The van der Waals surface area contributed by atoms with Crippen LogP contribution in [-0.2, 0) is 33.4 Å². The standard InChI is InChI=1S/C40H50N4O9.C7H14/c1-9-13-30(39(49)53-40(4,5)6)43-36(46)28-18-26(19-29(28)37(47)44-35(23(2)3)38(48)41-22-34(45)51-8)52-33-21-31(24-14-11-10-12-15-24)42-32-20-25(50-7)16-17-27(32)33;1-2-4-6-7-5-3-1/h10-12,14-17,19-21,23,26,28,30,35H,9,13,18,22H2,1-8H3,(H,41,48)(H,43,46)(H,44,47);1-7H2/t26?,28-,30-,35?;/m0./s1. The van der Waals surface area contributed by atoms with Gasteiger partial charge in [0.05, 0.1) is 31.3 Å². The first-order valence-electron chi connectivity index (χ1n) is 21.2. The van der Waals surface area contributed by atoms with Gasteiger partial charge in [0.15, 0.2) is 0 Å². The van der Waals surface area contributed by atoms with Gasteiger partial charge in [-0.05, 0) is 51.3 Å². The van der Waals surface area contributed by atoms with Gasteiger partial charge in [-0.1, -0.05) is 102 Å². The molecule has 13 heteroatoms. The Labute approximate surface area is 354 Å². The third kappa shape index (κ3) is 14.1. The zero-order valence-electron chi connectivity index (χ0n) is 36.6. The number of hydrogen-bond acceptors (Lipinski definition) is 10. The van der Waals surface area contributed by atoms with Crippen molar-refractivity contribution in [1.82, 2.24) is 20.9 Å². The molecule has 1 saturated carbocycles. The summed E-state index contributed by atoms with van der Waals surface area (Å²) in [4.78, 5) is 70.8. The van der Waals surface area contributed by atoms with Gasteiger partial charge in [-0.15, -0.1) is 0 Å². The number of aromatic nitrogens is 1. The lowest BCUT2D eigenvalue weighted by molar-refractivity contribution is -0.159. The van der Waals surface area contributed by atoms with Crippen LogP contribution in [0.2, 0.25) is 0 Å². The number of nitrogens with zero attached hydrogens (tertiary/aromatic N) is 1. The Morgan fingerprint density at radius 3 is 2.08 bits per heavy atom. The lowest BCUT2D eigenvalue weighted by atomic mass is 9.97. The lowest BCUT2D eigenvalue weighted by Gasteiger charge is -2.26. The van der Waals surface area contributed by atoms with Crippen LogP contribution in [0.5, 0.6) is 11.5 Å². The maximum atomic E-state index is 14.0. The predicted octanol–water partition coefficient (Wildman–Crippen LogP) is 7.39. The Kier molecular flexibility index (Phi) is 17.9. The molecule has 0 spiro atoms. The number of esters is 2. The van der Waals surface area contributed by atoms with Crippen LogP contribution in [0.25, 0.3) is 22.2 Å². The van der Waals surface area contributed by atoms with Crippen molar-refractivity contribution in [2.24, 2.45) is 11.8 Å². The molecule has 1 aromatic heterocycles. The molecule has 3 amide bonds. The first-order chi connectivity index (χ1) is 28.6. The maximum Gasteiger partial charge on any atom is 0.329 e.